The molecule has 110 valence electrons. The Kier molecular flexibility index (Phi) is 6.09. The van der Waals surface area contributed by atoms with Gasteiger partial charge in [-0.25, -0.2) is 0 Å². The first-order valence-electron chi connectivity index (χ1n) is 7.75. The molecule has 2 aromatic rings. The highest BCUT2D eigenvalue weighted by Gasteiger charge is 2.06. The Hall–Kier alpha value is -1.32. The third-order valence-corrected chi connectivity index (χ3v) is 3.67. The van der Waals surface area contributed by atoms with Gasteiger partial charge >= 0.3 is 0 Å². The number of nitrogens with one attached hydrogen (secondary N) is 1. The van der Waals surface area contributed by atoms with E-state index in [4.69, 9.17) is 5.11 Å². The molecule has 0 saturated carbocycles. The molecule has 0 bridgehead atoms. The van der Waals surface area contributed by atoms with Gasteiger partial charge in [-0.3, -0.25) is 0 Å². The first-order chi connectivity index (χ1) is 9.86. The van der Waals surface area contributed by atoms with Crippen LogP contribution in [0.5, 0.6) is 0 Å². The Bertz CT molecular complexity index is 519. The van der Waals surface area contributed by atoms with E-state index in [0.717, 1.165) is 45.3 Å². The van der Waals surface area contributed by atoms with Gasteiger partial charge in [-0.2, -0.15) is 0 Å². The summed E-state index contributed by atoms with van der Waals surface area (Å²) in [6.07, 6.45) is 6.47. The van der Waals surface area contributed by atoms with Crippen LogP contribution in [0.25, 0.3) is 10.9 Å². The predicted molar refractivity (Wildman–Crippen MR) is 84.9 cm³/mol. The molecule has 0 amide bonds. The second-order valence-corrected chi connectivity index (χ2v) is 5.33. The molecule has 0 atom stereocenters. The van der Waals surface area contributed by atoms with Crippen molar-refractivity contribution >= 4 is 10.9 Å². The Labute approximate surface area is 121 Å². The van der Waals surface area contributed by atoms with Gasteiger partial charge in [-0.1, -0.05) is 25.1 Å². The second kappa shape index (κ2) is 8.08. The Morgan fingerprint density at radius 1 is 1.15 bits per heavy atom. The third-order valence-electron chi connectivity index (χ3n) is 3.67. The minimum absolute atomic E-state index is 0.304. The second-order valence-electron chi connectivity index (χ2n) is 5.33. The van der Waals surface area contributed by atoms with Gasteiger partial charge in [-0.05, 0) is 49.2 Å². The smallest absolute Gasteiger partial charge is 0.0525 e. The van der Waals surface area contributed by atoms with Crippen molar-refractivity contribution < 1.29 is 5.11 Å². The van der Waals surface area contributed by atoms with E-state index in [1.54, 1.807) is 0 Å². The van der Waals surface area contributed by atoms with E-state index in [9.17, 15) is 0 Å². The average Bonchev–Trinajstić information content (AvgIpc) is 2.88. The molecule has 0 unspecified atom stereocenters. The molecular weight excluding hydrogens is 248 g/mol. The van der Waals surface area contributed by atoms with Crippen LogP contribution in [-0.2, 0) is 13.1 Å². The van der Waals surface area contributed by atoms with E-state index >= 15 is 0 Å². The van der Waals surface area contributed by atoms with Crippen molar-refractivity contribution in [3.05, 3.63) is 36.0 Å². The number of hydrogen-bond acceptors (Lipinski definition) is 2. The zero-order valence-corrected chi connectivity index (χ0v) is 12.4. The van der Waals surface area contributed by atoms with Crippen LogP contribution in [0.15, 0.2) is 30.5 Å². The van der Waals surface area contributed by atoms with Gasteiger partial charge in [0.2, 0.25) is 0 Å². The van der Waals surface area contributed by atoms with Crippen LogP contribution >= 0.6 is 0 Å². The number of fused-ring (bicyclic) bond motifs is 1. The van der Waals surface area contributed by atoms with Crippen molar-refractivity contribution in [2.45, 2.75) is 45.7 Å². The fourth-order valence-electron chi connectivity index (χ4n) is 2.64. The van der Waals surface area contributed by atoms with Gasteiger partial charge < -0.3 is 15.0 Å². The first kappa shape index (κ1) is 15.1. The topological polar surface area (TPSA) is 37.2 Å². The molecule has 3 heteroatoms. The summed E-state index contributed by atoms with van der Waals surface area (Å²) in [7, 11) is 0. The number of para-hydroxylation sites is 1. The molecule has 0 spiro atoms. The van der Waals surface area contributed by atoms with Crippen molar-refractivity contribution in [2.24, 2.45) is 0 Å². The first-order valence-corrected chi connectivity index (χ1v) is 7.75. The zero-order valence-electron chi connectivity index (χ0n) is 12.4. The summed E-state index contributed by atoms with van der Waals surface area (Å²) in [4.78, 5) is 0. The highest BCUT2D eigenvalue weighted by atomic mass is 16.2. The van der Waals surface area contributed by atoms with Crippen molar-refractivity contribution in [3.8, 4) is 0 Å². The summed E-state index contributed by atoms with van der Waals surface area (Å²) >= 11 is 0. The Morgan fingerprint density at radius 2 is 2.05 bits per heavy atom. The highest BCUT2D eigenvalue weighted by molar-refractivity contribution is 5.83. The number of benzene rings is 1. The van der Waals surface area contributed by atoms with Crippen LogP contribution < -0.4 is 5.32 Å². The Balaban J connectivity index is 2.09. The summed E-state index contributed by atoms with van der Waals surface area (Å²) in [6.45, 7) is 5.53. The fraction of sp³-hybridized carbons (Fsp3) is 0.529. The van der Waals surface area contributed by atoms with Gasteiger partial charge in [0.1, 0.15) is 0 Å². The van der Waals surface area contributed by atoms with Crippen molar-refractivity contribution in [3.63, 3.8) is 0 Å². The van der Waals surface area contributed by atoms with Crippen LogP contribution in [0.3, 0.4) is 0 Å². The summed E-state index contributed by atoms with van der Waals surface area (Å²) in [5, 5.41) is 13.7. The normalized spacial score (nSPS) is 11.3. The monoisotopic (exact) mass is 274 g/mol. The highest BCUT2D eigenvalue weighted by Crippen LogP contribution is 2.21. The van der Waals surface area contributed by atoms with Crippen molar-refractivity contribution in [1.82, 2.24) is 9.88 Å². The third kappa shape index (κ3) is 3.84. The fourth-order valence-corrected chi connectivity index (χ4v) is 2.64. The zero-order chi connectivity index (χ0) is 14.2. The van der Waals surface area contributed by atoms with E-state index in [1.807, 2.05) is 0 Å². The van der Waals surface area contributed by atoms with Gasteiger partial charge in [0.25, 0.3) is 0 Å². The minimum Gasteiger partial charge on any atom is -0.396 e. The van der Waals surface area contributed by atoms with Crippen molar-refractivity contribution in [1.29, 1.82) is 0 Å². The van der Waals surface area contributed by atoms with Crippen LogP contribution in [0.4, 0.5) is 0 Å². The lowest BCUT2D eigenvalue weighted by Crippen LogP contribution is -2.14. The summed E-state index contributed by atoms with van der Waals surface area (Å²) in [5.41, 5.74) is 2.74. The predicted octanol–water partition coefficient (Wildman–Crippen LogP) is 3.30. The van der Waals surface area contributed by atoms with Crippen LogP contribution in [0.2, 0.25) is 0 Å². The minimum atomic E-state index is 0.304. The average molecular weight is 274 g/mol. The molecule has 0 aliphatic heterocycles. The number of unbranched alkanes of at least 4 members (excludes halogenated alkanes) is 2. The maximum atomic E-state index is 8.84. The molecule has 2 rings (SSSR count). The molecule has 0 saturated heterocycles. The molecule has 1 aromatic carbocycles. The number of aromatic nitrogens is 1. The van der Waals surface area contributed by atoms with Crippen LogP contribution in [0, 0.1) is 0 Å². The number of rotatable bonds is 9. The molecule has 0 aliphatic carbocycles. The summed E-state index contributed by atoms with van der Waals surface area (Å²) < 4.78 is 2.36. The molecule has 2 N–H and O–H groups in total. The quantitative estimate of drug-likeness (QED) is 0.688. The lowest BCUT2D eigenvalue weighted by Gasteiger charge is -2.10. The molecule has 0 radical (unpaired) electrons. The van der Waals surface area contributed by atoms with E-state index in [-0.39, 0.29) is 0 Å². The molecule has 1 heterocycles. The van der Waals surface area contributed by atoms with Gasteiger partial charge in [-0.15, -0.1) is 0 Å². The molecule has 0 fully saturated rings. The van der Waals surface area contributed by atoms with Crippen LogP contribution in [-0.4, -0.2) is 22.8 Å². The van der Waals surface area contributed by atoms with Gasteiger partial charge in [0.05, 0.1) is 5.52 Å². The van der Waals surface area contributed by atoms with E-state index in [2.05, 4.69) is 47.3 Å². The Morgan fingerprint density at radius 3 is 2.85 bits per heavy atom. The summed E-state index contributed by atoms with van der Waals surface area (Å²) in [5.74, 6) is 0. The number of aliphatic hydroxyl groups is 1. The molecule has 3 nitrogen and oxygen atoms in total. The summed E-state index contributed by atoms with van der Waals surface area (Å²) in [6, 6.07) is 8.74. The standard InChI is InChI=1S/C17H26N2O/c1-2-10-18-14-16-8-6-7-15-9-12-19(17(15)16)11-4-3-5-13-20/h6-9,12,18,20H,2-5,10-11,13-14H2,1H3. The van der Waals surface area contributed by atoms with Crippen molar-refractivity contribution in [2.75, 3.05) is 13.2 Å². The molecule has 1 aromatic heterocycles. The number of aryl methyl sites for hydroxylation is 1. The van der Waals surface area contributed by atoms with Gasteiger partial charge in [0, 0.05) is 25.9 Å². The molecule has 20 heavy (non-hydrogen) atoms. The van der Waals surface area contributed by atoms with E-state index in [0.29, 0.717) is 6.61 Å². The SMILES string of the molecule is CCCNCc1cccc2ccn(CCCCCO)c12. The number of hydrogen-bond donors (Lipinski definition) is 2. The maximum Gasteiger partial charge on any atom is 0.0525 e. The van der Waals surface area contributed by atoms with E-state index < -0.39 is 0 Å². The largest absolute Gasteiger partial charge is 0.396 e. The number of nitrogens with zero attached hydrogens (tertiary/aromatic N) is 1. The lowest BCUT2D eigenvalue weighted by atomic mass is 10.1. The maximum absolute atomic E-state index is 8.84. The van der Waals surface area contributed by atoms with Gasteiger partial charge in [0.15, 0.2) is 0 Å². The van der Waals surface area contributed by atoms with Crippen LogP contribution in [0.1, 0.15) is 38.2 Å². The number of aliphatic hydroxyl groups excluding tert-OH is 1. The molecular formula is C17H26N2O. The van der Waals surface area contributed by atoms with E-state index in [1.165, 1.54) is 16.5 Å². The molecule has 0 aliphatic rings. The lowest BCUT2D eigenvalue weighted by molar-refractivity contribution is 0.282.